The molecule has 2 atom stereocenters. The van der Waals surface area contributed by atoms with Gasteiger partial charge in [0.1, 0.15) is 0 Å². The van der Waals surface area contributed by atoms with Crippen LogP contribution in [0, 0.1) is 10.1 Å². The zero-order chi connectivity index (χ0) is 32.7. The number of piperidine rings is 1. The van der Waals surface area contributed by atoms with Gasteiger partial charge in [-0.2, -0.15) is 0 Å². The number of rotatable bonds is 13. The van der Waals surface area contributed by atoms with E-state index in [0.717, 1.165) is 68.7 Å². The highest BCUT2D eigenvalue weighted by Crippen LogP contribution is 2.42. The normalized spacial score (nSPS) is 19.7. The number of nitrogens with zero attached hydrogens (tertiary/aromatic N) is 5. The fourth-order valence-corrected chi connectivity index (χ4v) is 7.41. The number of hydrogen-bond donors (Lipinski definition) is 0. The van der Waals surface area contributed by atoms with Gasteiger partial charge in [-0.25, -0.2) is 0 Å². The number of likely N-dealkylation sites (tertiary alicyclic amines) is 1. The largest absolute Gasteiger partial charge is 0.336 e. The van der Waals surface area contributed by atoms with Crippen molar-refractivity contribution in [2.75, 3.05) is 32.7 Å². The van der Waals surface area contributed by atoms with Gasteiger partial charge in [0.2, 0.25) is 12.8 Å². The lowest BCUT2D eigenvalue weighted by Gasteiger charge is -2.43. The molecule has 3 aromatic carbocycles. The van der Waals surface area contributed by atoms with E-state index in [1.54, 1.807) is 21.9 Å². The smallest absolute Gasteiger partial charge is 0.269 e. The highest BCUT2D eigenvalue weighted by atomic mass is 16.6. The number of hydrogen-bond acceptors (Lipinski definition) is 6. The van der Waals surface area contributed by atoms with Crippen LogP contribution in [0.4, 0.5) is 5.69 Å². The molecule has 0 spiro atoms. The minimum atomic E-state index is -0.428. The first kappa shape index (κ1) is 32.8. The Morgan fingerprint density at radius 3 is 2.00 bits per heavy atom. The maximum atomic E-state index is 12.7. The topological polar surface area (TPSA) is 99.4 Å². The molecular formula is C37H43N5O4. The fourth-order valence-electron chi connectivity index (χ4n) is 7.41. The number of amides is 2. The van der Waals surface area contributed by atoms with Crippen LogP contribution >= 0.6 is 0 Å². The summed E-state index contributed by atoms with van der Waals surface area (Å²) in [6.45, 7) is 9.39. The number of aliphatic imine (C=N–C) groups is 1. The van der Waals surface area contributed by atoms with Crippen molar-refractivity contribution in [1.82, 2.24) is 14.7 Å². The van der Waals surface area contributed by atoms with Crippen LogP contribution < -0.4 is 0 Å². The fraction of sp³-hybridized carbons (Fsp3) is 0.378. The molecule has 9 nitrogen and oxygen atoms in total. The van der Waals surface area contributed by atoms with E-state index >= 15 is 0 Å². The summed E-state index contributed by atoms with van der Waals surface area (Å²) in [6.07, 6.45) is 4.46. The Labute approximate surface area is 271 Å². The molecule has 0 radical (unpaired) electrons. The maximum absolute atomic E-state index is 12.7. The van der Waals surface area contributed by atoms with Crippen LogP contribution in [0.1, 0.15) is 62.6 Å². The summed E-state index contributed by atoms with van der Waals surface area (Å²) in [5.74, 6) is -0.402. The predicted molar refractivity (Wildman–Crippen MR) is 181 cm³/mol. The minimum Gasteiger partial charge on any atom is -0.336 e. The van der Waals surface area contributed by atoms with Crippen molar-refractivity contribution in [3.63, 3.8) is 0 Å². The van der Waals surface area contributed by atoms with Gasteiger partial charge in [-0.3, -0.25) is 24.7 Å². The molecule has 3 aromatic rings. The average molecular weight is 622 g/mol. The number of benzene rings is 3. The average Bonchev–Trinajstić information content (AvgIpc) is 3.09. The zero-order valence-electron chi connectivity index (χ0n) is 26.9. The van der Waals surface area contributed by atoms with Crippen molar-refractivity contribution < 1.29 is 14.5 Å². The third kappa shape index (κ3) is 6.65. The Kier molecular flexibility index (Phi) is 10.4. The lowest BCUT2D eigenvalue weighted by Crippen LogP contribution is -2.48. The number of carbonyl (C=O) groups is 2. The van der Waals surface area contributed by atoms with Gasteiger partial charge in [-0.05, 0) is 76.4 Å². The molecule has 2 amide bonds. The number of nitro groups is 1. The van der Waals surface area contributed by atoms with Crippen LogP contribution in [0.2, 0.25) is 0 Å². The van der Waals surface area contributed by atoms with E-state index in [1.165, 1.54) is 23.3 Å². The summed E-state index contributed by atoms with van der Waals surface area (Å²) >= 11 is 0. The zero-order valence-corrected chi connectivity index (χ0v) is 26.9. The van der Waals surface area contributed by atoms with Crippen molar-refractivity contribution in [3.8, 4) is 0 Å². The maximum Gasteiger partial charge on any atom is 0.269 e. The van der Waals surface area contributed by atoms with E-state index in [2.05, 4.69) is 65.6 Å². The molecule has 0 N–H and O–H groups in total. The predicted octanol–water partition coefficient (Wildman–Crippen LogP) is 6.16. The highest BCUT2D eigenvalue weighted by molar-refractivity contribution is 5.92. The molecule has 1 saturated heterocycles. The SMILES string of the molecule is CCN(C=O)C1C(C)=NC(C)=C(N(C=O)CCCN2CCC(c3ccccc3)(c3ccccc3)CC2)C1c1ccc([N+](=O)[O-])cc1. The van der Waals surface area contributed by atoms with E-state index in [4.69, 9.17) is 4.99 Å². The van der Waals surface area contributed by atoms with Crippen LogP contribution in [-0.2, 0) is 15.0 Å². The van der Waals surface area contributed by atoms with E-state index in [-0.39, 0.29) is 11.1 Å². The summed E-state index contributed by atoms with van der Waals surface area (Å²) < 4.78 is 0. The summed E-state index contributed by atoms with van der Waals surface area (Å²) in [5.41, 5.74) is 5.66. The molecule has 9 heteroatoms. The molecule has 1 fully saturated rings. The summed E-state index contributed by atoms with van der Waals surface area (Å²) in [6, 6.07) is 27.6. The first-order chi connectivity index (χ1) is 22.3. The Balaban J connectivity index is 1.33. The minimum absolute atomic E-state index is 0.0104. The molecule has 2 unspecified atom stereocenters. The second-order valence-electron chi connectivity index (χ2n) is 12.2. The number of allylic oxidation sites excluding steroid dienone is 1. The summed E-state index contributed by atoms with van der Waals surface area (Å²) in [5, 5.41) is 11.4. The Bertz CT molecular complexity index is 1520. The highest BCUT2D eigenvalue weighted by Gasteiger charge is 2.40. The van der Waals surface area contributed by atoms with Crippen LogP contribution in [-0.4, -0.2) is 76.9 Å². The molecular weight excluding hydrogens is 578 g/mol. The standard InChI is InChI=1S/C37H43N5O4/c1-4-40(26-43)35-28(2)38-29(3)36(34(35)30-16-18-33(19-17-30)42(45)46)41(27-44)23-11-22-39-24-20-37(21-25-39,31-12-7-5-8-13-31)32-14-9-6-10-15-32/h5-10,12-19,26-27,34-35H,4,11,20-25H2,1-3H3. The lowest BCUT2D eigenvalue weighted by molar-refractivity contribution is -0.384. The van der Waals surface area contributed by atoms with Crippen molar-refractivity contribution in [2.24, 2.45) is 4.99 Å². The first-order valence-electron chi connectivity index (χ1n) is 16.1. The van der Waals surface area contributed by atoms with Gasteiger partial charge in [0.15, 0.2) is 0 Å². The van der Waals surface area contributed by atoms with Crippen LogP contribution in [0.3, 0.4) is 0 Å². The Morgan fingerprint density at radius 2 is 1.50 bits per heavy atom. The van der Waals surface area contributed by atoms with E-state index in [9.17, 15) is 19.7 Å². The summed E-state index contributed by atoms with van der Waals surface area (Å²) in [4.78, 5) is 46.5. The lowest BCUT2D eigenvalue weighted by atomic mass is 9.68. The third-order valence-corrected chi connectivity index (χ3v) is 9.75. The van der Waals surface area contributed by atoms with Gasteiger partial charge in [-0.1, -0.05) is 72.8 Å². The second kappa shape index (κ2) is 14.6. The van der Waals surface area contributed by atoms with Crippen LogP contribution in [0.5, 0.6) is 0 Å². The van der Waals surface area contributed by atoms with Gasteiger partial charge < -0.3 is 14.7 Å². The van der Waals surface area contributed by atoms with Crippen LogP contribution in [0.15, 0.2) is 101 Å². The van der Waals surface area contributed by atoms with Gasteiger partial charge in [0.25, 0.3) is 5.69 Å². The van der Waals surface area contributed by atoms with Crippen molar-refractivity contribution in [1.29, 1.82) is 0 Å². The number of nitro benzene ring substituents is 1. The van der Waals surface area contributed by atoms with Gasteiger partial charge >= 0.3 is 0 Å². The Hall–Kier alpha value is -4.63. The van der Waals surface area contributed by atoms with Crippen LogP contribution in [0.25, 0.3) is 0 Å². The molecule has 0 bridgehead atoms. The molecule has 2 aliphatic heterocycles. The molecule has 0 aliphatic carbocycles. The molecule has 2 aliphatic rings. The number of likely N-dealkylation sites (N-methyl/N-ethyl adjacent to an activating group) is 1. The van der Waals surface area contributed by atoms with Gasteiger partial charge in [0.05, 0.1) is 28.3 Å². The van der Waals surface area contributed by atoms with E-state index < -0.39 is 16.9 Å². The van der Waals surface area contributed by atoms with Crippen molar-refractivity contribution in [2.45, 2.75) is 57.4 Å². The quantitative estimate of drug-likeness (QED) is 0.129. The number of carbonyl (C=O) groups excluding carboxylic acids is 2. The molecule has 5 rings (SSSR count). The van der Waals surface area contributed by atoms with E-state index in [1.807, 2.05) is 20.8 Å². The Morgan fingerprint density at radius 1 is 0.913 bits per heavy atom. The molecule has 46 heavy (non-hydrogen) atoms. The molecule has 0 saturated carbocycles. The third-order valence-electron chi connectivity index (χ3n) is 9.75. The molecule has 240 valence electrons. The van der Waals surface area contributed by atoms with Crippen molar-refractivity contribution >= 4 is 24.2 Å². The molecule has 2 heterocycles. The monoisotopic (exact) mass is 621 g/mol. The van der Waals surface area contributed by atoms with E-state index in [0.29, 0.717) is 18.8 Å². The van der Waals surface area contributed by atoms with Gasteiger partial charge in [-0.15, -0.1) is 0 Å². The van der Waals surface area contributed by atoms with Gasteiger partial charge in [0, 0.05) is 36.3 Å². The second-order valence-corrected chi connectivity index (χ2v) is 12.2. The first-order valence-corrected chi connectivity index (χ1v) is 16.1. The van der Waals surface area contributed by atoms with Crippen molar-refractivity contribution in [3.05, 3.63) is 123 Å². The summed E-state index contributed by atoms with van der Waals surface area (Å²) in [7, 11) is 0. The number of non-ortho nitro benzene ring substituents is 1. The molecule has 0 aromatic heterocycles.